The molecule has 0 saturated carbocycles. The van der Waals surface area contributed by atoms with Crippen molar-refractivity contribution in [3.63, 3.8) is 0 Å². The van der Waals surface area contributed by atoms with Gasteiger partial charge in [0.15, 0.2) is 5.76 Å². The highest BCUT2D eigenvalue weighted by atomic mass is 16.5. The Morgan fingerprint density at radius 1 is 1.00 bits per heavy atom. The maximum absolute atomic E-state index is 12.5. The number of alkyl carbamates (subject to hydrolysis) is 1. The molecule has 4 rings (SSSR count). The third kappa shape index (κ3) is 4.96. The first-order valence-electron chi connectivity index (χ1n) is 11.2. The molecule has 0 unspecified atom stereocenters. The number of ether oxygens (including phenoxy) is 1. The number of hydrogen-bond donors (Lipinski definition) is 2. The third-order valence-corrected chi connectivity index (χ3v) is 5.73. The number of aliphatic carboxylic acids is 1. The predicted octanol–water partition coefficient (Wildman–Crippen LogP) is 4.26. The van der Waals surface area contributed by atoms with Crippen LogP contribution < -0.4 is 5.32 Å². The lowest BCUT2D eigenvalue weighted by molar-refractivity contribution is -0.137. The summed E-state index contributed by atoms with van der Waals surface area (Å²) in [6.45, 7) is 1.99. The van der Waals surface area contributed by atoms with Crippen molar-refractivity contribution in [1.29, 1.82) is 0 Å². The number of carboxylic acids is 1. The summed E-state index contributed by atoms with van der Waals surface area (Å²) < 4.78 is 11.0. The van der Waals surface area contributed by atoms with Gasteiger partial charge in [-0.15, -0.1) is 0 Å². The minimum atomic E-state index is -1.09. The fourth-order valence-corrected chi connectivity index (χ4v) is 4.24. The molecular weight excluding hydrogens is 436 g/mol. The molecule has 2 aromatic carbocycles. The van der Waals surface area contributed by atoms with E-state index in [0.29, 0.717) is 18.7 Å². The number of rotatable bonds is 9. The molecule has 34 heavy (non-hydrogen) atoms. The zero-order chi connectivity index (χ0) is 24.1. The van der Waals surface area contributed by atoms with Crippen molar-refractivity contribution in [2.45, 2.75) is 25.8 Å². The summed E-state index contributed by atoms with van der Waals surface area (Å²) in [5.41, 5.74) is 4.56. The molecule has 2 amide bonds. The quantitative estimate of drug-likeness (QED) is 0.492. The molecule has 3 aromatic rings. The minimum Gasteiger partial charge on any atom is -0.480 e. The predicted molar refractivity (Wildman–Crippen MR) is 124 cm³/mol. The largest absolute Gasteiger partial charge is 0.480 e. The van der Waals surface area contributed by atoms with Crippen molar-refractivity contribution >= 4 is 18.0 Å². The maximum Gasteiger partial charge on any atom is 0.407 e. The number of carbonyl (C=O) groups is 3. The number of hydrogen-bond acceptors (Lipinski definition) is 5. The van der Waals surface area contributed by atoms with Gasteiger partial charge in [-0.1, -0.05) is 55.5 Å². The van der Waals surface area contributed by atoms with Gasteiger partial charge in [0, 0.05) is 12.5 Å². The summed E-state index contributed by atoms with van der Waals surface area (Å²) in [6.07, 6.45) is 0.0280. The van der Waals surface area contributed by atoms with E-state index in [9.17, 15) is 14.4 Å². The number of nitrogens with one attached hydrogen (secondary N) is 1. The molecule has 0 spiro atoms. The molecule has 8 nitrogen and oxygen atoms in total. The summed E-state index contributed by atoms with van der Waals surface area (Å²) in [5.74, 6) is -1.24. The summed E-state index contributed by atoms with van der Waals surface area (Å²) in [7, 11) is 0. The zero-order valence-corrected chi connectivity index (χ0v) is 18.8. The smallest absolute Gasteiger partial charge is 0.407 e. The molecule has 0 aliphatic heterocycles. The summed E-state index contributed by atoms with van der Waals surface area (Å²) in [4.78, 5) is 37.1. The molecule has 1 aromatic heterocycles. The van der Waals surface area contributed by atoms with Crippen LogP contribution in [0.15, 0.2) is 65.1 Å². The van der Waals surface area contributed by atoms with Crippen molar-refractivity contribution in [3.8, 4) is 11.1 Å². The number of carbonyl (C=O) groups excluding carboxylic acids is 2. The van der Waals surface area contributed by atoms with Crippen LogP contribution in [0.4, 0.5) is 4.79 Å². The van der Waals surface area contributed by atoms with Gasteiger partial charge in [0.25, 0.3) is 5.91 Å². The molecule has 8 heteroatoms. The second-order valence-electron chi connectivity index (χ2n) is 8.07. The van der Waals surface area contributed by atoms with Gasteiger partial charge in [-0.2, -0.15) is 0 Å². The molecule has 0 atom stereocenters. The van der Waals surface area contributed by atoms with Gasteiger partial charge in [0.2, 0.25) is 0 Å². The molecule has 176 valence electrons. The monoisotopic (exact) mass is 462 g/mol. The van der Waals surface area contributed by atoms with Crippen molar-refractivity contribution in [2.24, 2.45) is 0 Å². The first kappa shape index (κ1) is 23.1. The second kappa shape index (κ2) is 10.2. The Kier molecular flexibility index (Phi) is 6.96. The average molecular weight is 463 g/mol. The number of amides is 2. The standard InChI is InChI=1S/C26H26N2O6/c1-2-13-28(15-24(29)30)25(31)23-12-11-17(34-23)14-27-26(32)33-16-22-20-9-5-3-7-18(20)19-8-4-6-10-21(19)22/h3-12,22H,2,13-16H2,1H3,(H,27,32)(H,29,30). The average Bonchev–Trinajstić information content (AvgIpc) is 3.43. The van der Waals surface area contributed by atoms with Gasteiger partial charge < -0.3 is 24.5 Å². The van der Waals surface area contributed by atoms with E-state index in [4.69, 9.17) is 14.3 Å². The van der Waals surface area contributed by atoms with Crippen LogP contribution in [0.5, 0.6) is 0 Å². The highest BCUT2D eigenvalue weighted by Gasteiger charge is 2.29. The van der Waals surface area contributed by atoms with E-state index < -0.39 is 24.5 Å². The van der Waals surface area contributed by atoms with E-state index in [1.807, 2.05) is 31.2 Å². The van der Waals surface area contributed by atoms with Gasteiger partial charge in [-0.3, -0.25) is 9.59 Å². The fourth-order valence-electron chi connectivity index (χ4n) is 4.24. The normalized spacial score (nSPS) is 12.0. The van der Waals surface area contributed by atoms with Crippen LogP contribution in [0.2, 0.25) is 0 Å². The van der Waals surface area contributed by atoms with Crippen LogP contribution in [0, 0.1) is 0 Å². The first-order chi connectivity index (χ1) is 16.5. The van der Waals surface area contributed by atoms with Crippen LogP contribution in [0.3, 0.4) is 0 Å². The van der Waals surface area contributed by atoms with Gasteiger partial charge >= 0.3 is 12.1 Å². The highest BCUT2D eigenvalue weighted by molar-refractivity contribution is 5.93. The number of furan rings is 1. The Hall–Kier alpha value is -4.07. The van der Waals surface area contributed by atoms with Gasteiger partial charge in [-0.25, -0.2) is 4.79 Å². The van der Waals surface area contributed by atoms with E-state index in [2.05, 4.69) is 29.6 Å². The van der Waals surface area contributed by atoms with Crippen LogP contribution in [0.25, 0.3) is 11.1 Å². The van der Waals surface area contributed by atoms with Gasteiger partial charge in [0.1, 0.15) is 18.9 Å². The lowest BCUT2D eigenvalue weighted by atomic mass is 9.98. The van der Waals surface area contributed by atoms with Crippen LogP contribution in [-0.2, 0) is 16.1 Å². The van der Waals surface area contributed by atoms with Crippen LogP contribution >= 0.6 is 0 Å². The zero-order valence-electron chi connectivity index (χ0n) is 18.8. The van der Waals surface area contributed by atoms with E-state index in [1.165, 1.54) is 11.0 Å². The Bertz CT molecular complexity index is 1160. The van der Waals surface area contributed by atoms with Gasteiger partial charge in [-0.05, 0) is 40.8 Å². The number of carboxylic acid groups (broad SMARTS) is 1. The van der Waals surface area contributed by atoms with E-state index in [1.54, 1.807) is 6.07 Å². The number of fused-ring (bicyclic) bond motifs is 3. The SMILES string of the molecule is CCCN(CC(=O)O)C(=O)c1ccc(CNC(=O)OCC2c3ccccc3-c3ccccc32)o1. The van der Waals surface area contributed by atoms with Crippen LogP contribution in [0.1, 0.15) is 46.7 Å². The Morgan fingerprint density at radius 2 is 1.65 bits per heavy atom. The van der Waals surface area contributed by atoms with Gasteiger partial charge in [0.05, 0.1) is 6.54 Å². The molecule has 0 radical (unpaired) electrons. The summed E-state index contributed by atoms with van der Waals surface area (Å²) in [5, 5.41) is 11.6. The molecule has 1 aliphatic rings. The van der Waals surface area contributed by atoms with Crippen molar-refractivity contribution in [1.82, 2.24) is 10.2 Å². The minimum absolute atomic E-state index is 0.0269. The maximum atomic E-state index is 12.5. The Balaban J connectivity index is 1.33. The molecule has 0 saturated heterocycles. The first-order valence-corrected chi connectivity index (χ1v) is 11.2. The van der Waals surface area contributed by atoms with Crippen molar-refractivity contribution in [3.05, 3.63) is 83.3 Å². The summed E-state index contributed by atoms with van der Waals surface area (Å²) in [6, 6.07) is 19.2. The molecule has 1 aliphatic carbocycles. The topological polar surface area (TPSA) is 109 Å². The fraction of sp³-hybridized carbons (Fsp3) is 0.269. The molecule has 0 bridgehead atoms. The molecule has 0 fully saturated rings. The highest BCUT2D eigenvalue weighted by Crippen LogP contribution is 2.44. The van der Waals surface area contributed by atoms with Crippen molar-refractivity contribution in [2.75, 3.05) is 19.7 Å². The second-order valence-corrected chi connectivity index (χ2v) is 8.07. The van der Waals surface area contributed by atoms with Crippen molar-refractivity contribution < 1.29 is 28.6 Å². The molecular formula is C26H26N2O6. The lowest BCUT2D eigenvalue weighted by Gasteiger charge is -2.18. The number of nitrogens with zero attached hydrogens (tertiary/aromatic N) is 1. The Morgan fingerprint density at radius 3 is 2.26 bits per heavy atom. The number of benzene rings is 2. The van der Waals surface area contributed by atoms with E-state index >= 15 is 0 Å². The van der Waals surface area contributed by atoms with E-state index in [0.717, 1.165) is 22.3 Å². The van der Waals surface area contributed by atoms with E-state index in [-0.39, 0.29) is 24.8 Å². The Labute approximate surface area is 197 Å². The molecule has 1 heterocycles. The lowest BCUT2D eigenvalue weighted by Crippen LogP contribution is -2.36. The van der Waals surface area contributed by atoms with Crippen LogP contribution in [-0.4, -0.2) is 47.7 Å². The summed E-state index contributed by atoms with van der Waals surface area (Å²) >= 11 is 0. The molecule has 2 N–H and O–H groups in total. The third-order valence-electron chi connectivity index (χ3n) is 5.73.